The van der Waals surface area contributed by atoms with Gasteiger partial charge >= 0.3 is 0 Å². The summed E-state index contributed by atoms with van der Waals surface area (Å²) >= 11 is 0. The van der Waals surface area contributed by atoms with E-state index in [-0.39, 0.29) is 17.2 Å². The van der Waals surface area contributed by atoms with Gasteiger partial charge in [-0.3, -0.25) is 0 Å². The predicted octanol–water partition coefficient (Wildman–Crippen LogP) is 3.25. The van der Waals surface area contributed by atoms with E-state index in [0.717, 1.165) is 22.0 Å². The van der Waals surface area contributed by atoms with Crippen molar-refractivity contribution in [2.75, 3.05) is 7.11 Å². The van der Waals surface area contributed by atoms with Gasteiger partial charge in [0.05, 0.1) is 7.11 Å². The number of aromatic amines is 1. The van der Waals surface area contributed by atoms with Crippen LogP contribution in [0.5, 0.6) is 17.2 Å². The first kappa shape index (κ1) is 11.5. The zero-order valence-electron chi connectivity index (χ0n) is 10.3. The Balaban J connectivity index is 2.24. The van der Waals surface area contributed by atoms with Crippen molar-refractivity contribution in [1.82, 2.24) is 4.98 Å². The summed E-state index contributed by atoms with van der Waals surface area (Å²) < 4.78 is 5.06. The zero-order chi connectivity index (χ0) is 13.4. The van der Waals surface area contributed by atoms with Gasteiger partial charge in [0.25, 0.3) is 0 Å². The number of nitrogens with one attached hydrogen (secondary N) is 1. The molecule has 0 saturated carbocycles. The summed E-state index contributed by atoms with van der Waals surface area (Å²) in [5, 5.41) is 20.4. The first-order valence-corrected chi connectivity index (χ1v) is 5.87. The Hall–Kier alpha value is -2.62. The van der Waals surface area contributed by atoms with Crippen LogP contribution in [0.15, 0.2) is 42.6 Å². The van der Waals surface area contributed by atoms with Gasteiger partial charge in [0.1, 0.15) is 0 Å². The molecule has 0 spiro atoms. The van der Waals surface area contributed by atoms with E-state index in [4.69, 9.17) is 4.74 Å². The van der Waals surface area contributed by atoms with E-state index in [2.05, 4.69) is 4.98 Å². The number of methoxy groups -OCH3 is 1. The first-order valence-electron chi connectivity index (χ1n) is 5.87. The molecule has 0 saturated heterocycles. The molecule has 4 heteroatoms. The Labute approximate surface area is 109 Å². The third-order valence-electron chi connectivity index (χ3n) is 3.17. The van der Waals surface area contributed by atoms with E-state index < -0.39 is 0 Å². The molecule has 0 unspecified atom stereocenters. The van der Waals surface area contributed by atoms with Gasteiger partial charge < -0.3 is 19.9 Å². The maximum Gasteiger partial charge on any atom is 0.200 e. The van der Waals surface area contributed by atoms with Gasteiger partial charge in [-0.15, -0.1) is 0 Å². The minimum Gasteiger partial charge on any atom is -0.504 e. The molecule has 0 bridgehead atoms. The van der Waals surface area contributed by atoms with Crippen LogP contribution in [0.2, 0.25) is 0 Å². The van der Waals surface area contributed by atoms with Crippen molar-refractivity contribution in [3.63, 3.8) is 0 Å². The standard InChI is InChI=1S/C15H13NO3/c1-19-14-7-9(6-13(17)15(14)18)11-8-16-12-5-3-2-4-10(11)12/h2-8,16-18H,1H3. The first-order chi connectivity index (χ1) is 9.20. The Morgan fingerprint density at radius 2 is 1.89 bits per heavy atom. The monoisotopic (exact) mass is 255 g/mol. The number of H-pyrrole nitrogens is 1. The fourth-order valence-corrected chi connectivity index (χ4v) is 2.21. The quantitative estimate of drug-likeness (QED) is 0.616. The van der Waals surface area contributed by atoms with Gasteiger partial charge in [-0.05, 0) is 23.8 Å². The molecule has 0 fully saturated rings. The van der Waals surface area contributed by atoms with Gasteiger partial charge in [0, 0.05) is 22.7 Å². The van der Waals surface area contributed by atoms with Crippen molar-refractivity contribution in [3.05, 3.63) is 42.6 Å². The third-order valence-corrected chi connectivity index (χ3v) is 3.17. The van der Waals surface area contributed by atoms with Gasteiger partial charge in [0.15, 0.2) is 11.5 Å². The number of aromatic hydroxyl groups is 2. The van der Waals surface area contributed by atoms with E-state index in [9.17, 15) is 10.2 Å². The van der Waals surface area contributed by atoms with Gasteiger partial charge in [-0.2, -0.15) is 0 Å². The minimum absolute atomic E-state index is 0.195. The predicted molar refractivity (Wildman–Crippen MR) is 73.6 cm³/mol. The van der Waals surface area contributed by atoms with Crippen molar-refractivity contribution < 1.29 is 14.9 Å². The van der Waals surface area contributed by atoms with Crippen LogP contribution in [0.25, 0.3) is 22.0 Å². The maximum absolute atomic E-state index is 9.74. The Morgan fingerprint density at radius 3 is 2.68 bits per heavy atom. The minimum atomic E-state index is -0.244. The summed E-state index contributed by atoms with van der Waals surface area (Å²) in [4.78, 5) is 3.17. The third kappa shape index (κ3) is 1.78. The van der Waals surface area contributed by atoms with Crippen LogP contribution >= 0.6 is 0 Å². The second-order valence-corrected chi connectivity index (χ2v) is 4.29. The molecular weight excluding hydrogens is 242 g/mol. The molecule has 3 rings (SSSR count). The molecular formula is C15H13NO3. The lowest BCUT2D eigenvalue weighted by Gasteiger charge is -2.08. The normalized spacial score (nSPS) is 10.8. The molecule has 0 aliphatic rings. The molecule has 0 radical (unpaired) electrons. The van der Waals surface area contributed by atoms with E-state index in [0.29, 0.717) is 0 Å². The molecule has 0 aliphatic heterocycles. The van der Waals surface area contributed by atoms with Gasteiger partial charge in [0.2, 0.25) is 5.75 Å². The highest BCUT2D eigenvalue weighted by Gasteiger charge is 2.13. The number of aromatic nitrogens is 1. The molecule has 0 aliphatic carbocycles. The second kappa shape index (κ2) is 4.24. The Bertz CT molecular complexity index is 746. The van der Waals surface area contributed by atoms with Crippen molar-refractivity contribution in [3.8, 4) is 28.4 Å². The molecule has 19 heavy (non-hydrogen) atoms. The number of phenols is 2. The molecule has 3 N–H and O–H groups in total. The van der Waals surface area contributed by atoms with Crippen LogP contribution in [-0.2, 0) is 0 Å². The zero-order valence-corrected chi connectivity index (χ0v) is 10.3. The highest BCUT2D eigenvalue weighted by molar-refractivity contribution is 5.96. The largest absolute Gasteiger partial charge is 0.504 e. The summed E-state index contributed by atoms with van der Waals surface area (Å²) in [6, 6.07) is 11.1. The lowest BCUT2D eigenvalue weighted by Crippen LogP contribution is -1.85. The average Bonchev–Trinajstić information content (AvgIpc) is 2.85. The second-order valence-electron chi connectivity index (χ2n) is 4.29. The number of hydrogen-bond donors (Lipinski definition) is 3. The number of hydrogen-bond acceptors (Lipinski definition) is 3. The van der Waals surface area contributed by atoms with Crippen molar-refractivity contribution in [2.45, 2.75) is 0 Å². The number of fused-ring (bicyclic) bond motifs is 1. The lowest BCUT2D eigenvalue weighted by molar-refractivity contribution is 0.351. The number of benzene rings is 2. The molecule has 1 heterocycles. The molecule has 1 aromatic heterocycles. The van der Waals surface area contributed by atoms with Crippen molar-refractivity contribution in [1.29, 1.82) is 0 Å². The summed E-state index contributed by atoms with van der Waals surface area (Å²) in [6.07, 6.45) is 1.87. The van der Waals surface area contributed by atoms with Crippen LogP contribution in [0.1, 0.15) is 0 Å². The van der Waals surface area contributed by atoms with E-state index >= 15 is 0 Å². The highest BCUT2D eigenvalue weighted by atomic mass is 16.5. The topological polar surface area (TPSA) is 65.5 Å². The molecule has 3 aromatic rings. The molecule has 96 valence electrons. The highest BCUT2D eigenvalue weighted by Crippen LogP contribution is 2.41. The Kier molecular flexibility index (Phi) is 2.56. The fourth-order valence-electron chi connectivity index (χ4n) is 2.21. The number of phenolic OH excluding ortho intramolecular Hbond substituents is 2. The van der Waals surface area contributed by atoms with Gasteiger partial charge in [-0.25, -0.2) is 0 Å². The number of ether oxygens (including phenoxy) is 1. The van der Waals surface area contributed by atoms with Crippen molar-refractivity contribution in [2.24, 2.45) is 0 Å². The van der Waals surface area contributed by atoms with Crippen LogP contribution in [0.3, 0.4) is 0 Å². The SMILES string of the molecule is COc1cc(-c2c[nH]c3ccccc23)cc(O)c1O. The maximum atomic E-state index is 9.74. The van der Waals surface area contributed by atoms with Crippen LogP contribution < -0.4 is 4.74 Å². The molecule has 2 aromatic carbocycles. The van der Waals surface area contributed by atoms with Gasteiger partial charge in [-0.1, -0.05) is 18.2 Å². The smallest absolute Gasteiger partial charge is 0.200 e. The molecule has 4 nitrogen and oxygen atoms in total. The van der Waals surface area contributed by atoms with E-state index in [1.165, 1.54) is 13.2 Å². The van der Waals surface area contributed by atoms with E-state index in [1.807, 2.05) is 30.5 Å². The number of para-hydroxylation sites is 1. The van der Waals surface area contributed by atoms with E-state index in [1.54, 1.807) is 6.07 Å². The average molecular weight is 255 g/mol. The van der Waals surface area contributed by atoms with Crippen LogP contribution in [-0.4, -0.2) is 22.3 Å². The van der Waals surface area contributed by atoms with Crippen molar-refractivity contribution >= 4 is 10.9 Å². The summed E-state index contributed by atoms with van der Waals surface area (Å²) in [6.45, 7) is 0. The summed E-state index contributed by atoms with van der Waals surface area (Å²) in [7, 11) is 1.45. The Morgan fingerprint density at radius 1 is 1.11 bits per heavy atom. The molecule has 0 amide bonds. The fraction of sp³-hybridized carbons (Fsp3) is 0.0667. The summed E-state index contributed by atoms with van der Waals surface area (Å²) in [5.74, 6) is -0.189. The van der Waals surface area contributed by atoms with Crippen LogP contribution in [0, 0.1) is 0 Å². The molecule has 0 atom stereocenters. The lowest BCUT2D eigenvalue weighted by atomic mass is 10.0. The number of rotatable bonds is 2. The van der Waals surface area contributed by atoms with Crippen LogP contribution in [0.4, 0.5) is 0 Å². The summed E-state index contributed by atoms with van der Waals surface area (Å²) in [5.41, 5.74) is 2.75.